The van der Waals surface area contributed by atoms with E-state index in [9.17, 15) is 0 Å². The van der Waals surface area contributed by atoms with Gasteiger partial charge in [0.2, 0.25) is 0 Å². The molecule has 0 atom stereocenters. The number of hydrogen-bond donors (Lipinski definition) is 0. The van der Waals surface area contributed by atoms with Crippen molar-refractivity contribution < 1.29 is 4.74 Å². The number of aromatic nitrogens is 3. The minimum Gasteiger partial charge on any atom is -0.462 e. The van der Waals surface area contributed by atoms with E-state index in [-0.39, 0.29) is 12.4 Å². The summed E-state index contributed by atoms with van der Waals surface area (Å²) in [6, 6.07) is 12.2. The number of ether oxygens (including phenoxy) is 1. The lowest BCUT2D eigenvalue weighted by Crippen LogP contribution is -2.24. The van der Waals surface area contributed by atoms with Crippen LogP contribution >= 0.6 is 12.4 Å². The number of hydrogen-bond acceptors (Lipinski definition) is 5. The molecular weight excluding hydrogens is 300 g/mol. The SMILES string of the molecule is CN(CCOc1ncc2ccccc2n1)c1ccncc1.Cl. The molecule has 0 unspecified atom stereocenters. The second kappa shape index (κ2) is 7.56. The minimum atomic E-state index is 0. The molecule has 2 heterocycles. The Hall–Kier alpha value is -2.40. The molecule has 0 aliphatic carbocycles. The van der Waals surface area contributed by atoms with Crippen molar-refractivity contribution in [2.75, 3.05) is 25.1 Å². The Labute approximate surface area is 135 Å². The monoisotopic (exact) mass is 316 g/mol. The number of anilines is 1. The van der Waals surface area contributed by atoms with Gasteiger partial charge in [-0.1, -0.05) is 18.2 Å². The highest BCUT2D eigenvalue weighted by molar-refractivity contribution is 5.85. The van der Waals surface area contributed by atoms with Crippen LogP contribution in [0.25, 0.3) is 10.9 Å². The summed E-state index contributed by atoms with van der Waals surface area (Å²) in [5, 5.41) is 1.01. The van der Waals surface area contributed by atoms with E-state index in [1.165, 1.54) is 0 Å². The number of likely N-dealkylation sites (N-methyl/N-ethyl adjacent to an activating group) is 1. The molecule has 3 rings (SSSR count). The second-order valence-corrected chi connectivity index (χ2v) is 4.69. The number of rotatable bonds is 5. The molecule has 0 amide bonds. The zero-order valence-corrected chi connectivity index (χ0v) is 13.0. The van der Waals surface area contributed by atoms with E-state index < -0.39 is 0 Å². The van der Waals surface area contributed by atoms with Gasteiger partial charge in [0.25, 0.3) is 0 Å². The molecular formula is C16H17ClN4O. The van der Waals surface area contributed by atoms with Crippen molar-refractivity contribution in [1.29, 1.82) is 0 Å². The van der Waals surface area contributed by atoms with Crippen LogP contribution in [0, 0.1) is 0 Å². The number of benzene rings is 1. The highest BCUT2D eigenvalue weighted by Gasteiger charge is 2.03. The Morgan fingerprint density at radius 1 is 1.09 bits per heavy atom. The number of halogens is 1. The fourth-order valence-corrected chi connectivity index (χ4v) is 2.03. The molecule has 0 aliphatic rings. The van der Waals surface area contributed by atoms with Crippen LogP contribution in [0.2, 0.25) is 0 Å². The molecule has 22 heavy (non-hydrogen) atoms. The van der Waals surface area contributed by atoms with E-state index in [4.69, 9.17) is 4.74 Å². The van der Waals surface area contributed by atoms with E-state index in [1.54, 1.807) is 18.6 Å². The zero-order valence-electron chi connectivity index (χ0n) is 12.2. The summed E-state index contributed by atoms with van der Waals surface area (Å²) in [5.41, 5.74) is 2.00. The number of nitrogens with zero attached hydrogens (tertiary/aromatic N) is 4. The predicted molar refractivity (Wildman–Crippen MR) is 89.8 cm³/mol. The largest absolute Gasteiger partial charge is 0.462 e. The van der Waals surface area contributed by atoms with E-state index in [0.717, 1.165) is 23.1 Å². The lowest BCUT2D eigenvalue weighted by atomic mass is 10.2. The van der Waals surface area contributed by atoms with Gasteiger partial charge in [-0.3, -0.25) is 4.98 Å². The third-order valence-corrected chi connectivity index (χ3v) is 3.23. The van der Waals surface area contributed by atoms with Gasteiger partial charge in [0.05, 0.1) is 12.1 Å². The molecule has 0 spiro atoms. The molecule has 0 saturated carbocycles. The maximum absolute atomic E-state index is 5.63. The molecule has 2 aromatic heterocycles. The maximum Gasteiger partial charge on any atom is 0.316 e. The average Bonchev–Trinajstić information content (AvgIpc) is 2.55. The lowest BCUT2D eigenvalue weighted by molar-refractivity contribution is 0.301. The summed E-state index contributed by atoms with van der Waals surface area (Å²) in [5.74, 6) is 0. The first kappa shape index (κ1) is 16.0. The average molecular weight is 317 g/mol. The van der Waals surface area contributed by atoms with Crippen LogP contribution in [0.5, 0.6) is 6.01 Å². The van der Waals surface area contributed by atoms with Gasteiger partial charge < -0.3 is 9.64 Å². The number of para-hydroxylation sites is 1. The fraction of sp³-hybridized carbons (Fsp3) is 0.188. The quantitative estimate of drug-likeness (QED) is 0.724. The van der Waals surface area contributed by atoms with Gasteiger partial charge >= 0.3 is 6.01 Å². The molecule has 0 saturated heterocycles. The predicted octanol–water partition coefficient (Wildman–Crippen LogP) is 2.96. The molecule has 3 aromatic rings. The standard InChI is InChI=1S/C16H16N4O.ClH/c1-20(14-6-8-17-9-7-14)10-11-21-16-18-12-13-4-2-3-5-15(13)19-16;/h2-9,12H,10-11H2,1H3;1H. The van der Waals surface area contributed by atoms with Crippen molar-refractivity contribution in [2.24, 2.45) is 0 Å². The van der Waals surface area contributed by atoms with Gasteiger partial charge in [0.1, 0.15) is 6.61 Å². The molecule has 0 N–H and O–H groups in total. The Balaban J connectivity index is 0.00000176. The summed E-state index contributed by atoms with van der Waals surface area (Å²) in [4.78, 5) is 14.7. The zero-order chi connectivity index (χ0) is 14.5. The molecule has 0 fully saturated rings. The van der Waals surface area contributed by atoms with Crippen LogP contribution < -0.4 is 9.64 Å². The minimum absolute atomic E-state index is 0. The first-order valence-corrected chi connectivity index (χ1v) is 6.79. The molecule has 5 nitrogen and oxygen atoms in total. The van der Waals surface area contributed by atoms with Gasteiger partial charge in [-0.15, -0.1) is 12.4 Å². The van der Waals surface area contributed by atoms with E-state index >= 15 is 0 Å². The molecule has 6 heteroatoms. The van der Waals surface area contributed by atoms with Gasteiger partial charge in [-0.05, 0) is 18.2 Å². The molecule has 1 aromatic carbocycles. The maximum atomic E-state index is 5.63. The van der Waals surface area contributed by atoms with Crippen molar-refractivity contribution in [2.45, 2.75) is 0 Å². The van der Waals surface area contributed by atoms with E-state index in [1.807, 2.05) is 43.4 Å². The normalized spacial score (nSPS) is 10.0. The first-order chi connectivity index (χ1) is 10.3. The lowest BCUT2D eigenvalue weighted by Gasteiger charge is -2.18. The third-order valence-electron chi connectivity index (χ3n) is 3.23. The highest BCUT2D eigenvalue weighted by atomic mass is 35.5. The Bertz CT molecular complexity index is 723. The molecule has 0 bridgehead atoms. The van der Waals surface area contributed by atoms with Gasteiger partial charge in [-0.2, -0.15) is 4.98 Å². The van der Waals surface area contributed by atoms with E-state index in [0.29, 0.717) is 12.6 Å². The Morgan fingerprint density at radius 2 is 1.86 bits per heavy atom. The Kier molecular flexibility index (Phi) is 5.49. The van der Waals surface area contributed by atoms with Crippen molar-refractivity contribution in [3.63, 3.8) is 0 Å². The van der Waals surface area contributed by atoms with Crippen molar-refractivity contribution in [3.8, 4) is 6.01 Å². The van der Waals surface area contributed by atoms with Crippen LogP contribution in [0.4, 0.5) is 5.69 Å². The summed E-state index contributed by atoms with van der Waals surface area (Å²) >= 11 is 0. The highest BCUT2D eigenvalue weighted by Crippen LogP contribution is 2.13. The van der Waals surface area contributed by atoms with Gasteiger partial charge in [0.15, 0.2) is 0 Å². The van der Waals surface area contributed by atoms with Crippen LogP contribution in [0.3, 0.4) is 0 Å². The van der Waals surface area contributed by atoms with Crippen LogP contribution in [0.15, 0.2) is 55.0 Å². The molecule has 114 valence electrons. The van der Waals surface area contributed by atoms with Crippen LogP contribution in [-0.4, -0.2) is 35.2 Å². The van der Waals surface area contributed by atoms with Crippen molar-refractivity contribution in [3.05, 3.63) is 55.0 Å². The summed E-state index contributed by atoms with van der Waals surface area (Å²) in [6.45, 7) is 1.28. The Morgan fingerprint density at radius 3 is 2.68 bits per heavy atom. The van der Waals surface area contributed by atoms with Crippen LogP contribution in [0.1, 0.15) is 0 Å². The topological polar surface area (TPSA) is 51.1 Å². The van der Waals surface area contributed by atoms with Gasteiger partial charge in [0, 0.05) is 36.7 Å². The summed E-state index contributed by atoms with van der Waals surface area (Å²) in [7, 11) is 2.01. The molecule has 0 radical (unpaired) electrons. The van der Waals surface area contributed by atoms with E-state index in [2.05, 4.69) is 19.9 Å². The summed E-state index contributed by atoms with van der Waals surface area (Å²) < 4.78 is 5.63. The molecule has 0 aliphatic heterocycles. The number of fused-ring (bicyclic) bond motifs is 1. The van der Waals surface area contributed by atoms with Crippen molar-refractivity contribution in [1.82, 2.24) is 15.0 Å². The van der Waals surface area contributed by atoms with Crippen molar-refractivity contribution >= 4 is 29.0 Å². The number of pyridine rings is 1. The summed E-state index contributed by atoms with van der Waals surface area (Å²) in [6.07, 6.45) is 5.34. The van der Waals surface area contributed by atoms with Gasteiger partial charge in [-0.25, -0.2) is 4.98 Å². The smallest absolute Gasteiger partial charge is 0.316 e. The second-order valence-electron chi connectivity index (χ2n) is 4.69. The fourth-order valence-electron chi connectivity index (χ4n) is 2.03. The third kappa shape index (κ3) is 3.83. The van der Waals surface area contributed by atoms with Crippen LogP contribution in [-0.2, 0) is 0 Å². The first-order valence-electron chi connectivity index (χ1n) is 6.79.